The molecule has 0 radical (unpaired) electrons. The van der Waals surface area contributed by atoms with E-state index in [0.29, 0.717) is 10.6 Å². The lowest BCUT2D eigenvalue weighted by Gasteiger charge is -2.18. The lowest BCUT2D eigenvalue weighted by Crippen LogP contribution is -2.12. The van der Waals surface area contributed by atoms with E-state index in [4.69, 9.17) is 11.6 Å². The molecule has 0 unspecified atom stereocenters. The Morgan fingerprint density at radius 3 is 2.65 bits per heavy atom. The number of benzene rings is 1. The molecule has 4 heteroatoms. The van der Waals surface area contributed by atoms with E-state index in [1.165, 1.54) is 0 Å². The van der Waals surface area contributed by atoms with Crippen molar-refractivity contribution >= 4 is 28.2 Å². The molecule has 0 fully saturated rings. The van der Waals surface area contributed by atoms with Crippen LogP contribution in [0.1, 0.15) is 11.3 Å². The van der Waals surface area contributed by atoms with Crippen molar-refractivity contribution in [2.45, 2.75) is 6.92 Å². The van der Waals surface area contributed by atoms with Crippen molar-refractivity contribution in [3.63, 3.8) is 0 Å². The summed E-state index contributed by atoms with van der Waals surface area (Å²) in [6, 6.07) is 7.75. The van der Waals surface area contributed by atoms with Crippen LogP contribution in [-0.4, -0.2) is 19.1 Å². The number of fused-ring (bicyclic) bond motifs is 1. The second-order valence-corrected chi connectivity index (χ2v) is 4.52. The molecule has 3 nitrogen and oxygen atoms in total. The molecule has 86 valence electrons. The van der Waals surface area contributed by atoms with Crippen LogP contribution in [0.3, 0.4) is 0 Å². The summed E-state index contributed by atoms with van der Waals surface area (Å²) in [5.74, 6) is 0. The Hall–Kier alpha value is -1.79. The Kier molecular flexibility index (Phi) is 2.91. The minimum atomic E-state index is 0.616. The topological polar surface area (TPSA) is 39.9 Å². The van der Waals surface area contributed by atoms with Gasteiger partial charge in [0.2, 0.25) is 0 Å². The fraction of sp³-hybridized carbons (Fsp3) is 0.231. The highest BCUT2D eigenvalue weighted by atomic mass is 35.5. The first-order valence-electron chi connectivity index (χ1n) is 5.22. The molecule has 0 saturated carbocycles. The normalized spacial score (nSPS) is 10.3. The number of pyridine rings is 1. The van der Waals surface area contributed by atoms with Crippen molar-refractivity contribution in [3.8, 4) is 6.07 Å². The van der Waals surface area contributed by atoms with Gasteiger partial charge in [-0.2, -0.15) is 5.26 Å². The molecule has 2 rings (SSSR count). The van der Waals surface area contributed by atoms with E-state index >= 15 is 0 Å². The number of nitriles is 1. The van der Waals surface area contributed by atoms with Crippen molar-refractivity contribution in [2.24, 2.45) is 0 Å². The molecule has 0 aliphatic rings. The maximum absolute atomic E-state index is 9.22. The van der Waals surface area contributed by atoms with E-state index in [-0.39, 0.29) is 0 Å². The van der Waals surface area contributed by atoms with Gasteiger partial charge in [0.1, 0.15) is 6.07 Å². The van der Waals surface area contributed by atoms with Gasteiger partial charge in [-0.1, -0.05) is 11.6 Å². The molecule has 0 atom stereocenters. The van der Waals surface area contributed by atoms with Crippen LogP contribution in [0, 0.1) is 18.3 Å². The molecule has 1 heterocycles. The summed E-state index contributed by atoms with van der Waals surface area (Å²) < 4.78 is 0. The highest BCUT2D eigenvalue weighted by Gasteiger charge is 2.14. The van der Waals surface area contributed by atoms with Crippen molar-refractivity contribution in [1.82, 2.24) is 4.98 Å². The van der Waals surface area contributed by atoms with Gasteiger partial charge in [0.25, 0.3) is 0 Å². The maximum atomic E-state index is 9.22. The van der Waals surface area contributed by atoms with Crippen molar-refractivity contribution in [2.75, 3.05) is 19.0 Å². The highest BCUT2D eigenvalue weighted by molar-refractivity contribution is 6.31. The van der Waals surface area contributed by atoms with Gasteiger partial charge < -0.3 is 4.90 Å². The van der Waals surface area contributed by atoms with Gasteiger partial charge in [-0.05, 0) is 25.1 Å². The van der Waals surface area contributed by atoms with Gasteiger partial charge in [0.15, 0.2) is 0 Å². The van der Waals surface area contributed by atoms with E-state index in [0.717, 1.165) is 22.3 Å². The van der Waals surface area contributed by atoms with Crippen LogP contribution in [0.4, 0.5) is 5.69 Å². The van der Waals surface area contributed by atoms with Gasteiger partial charge in [-0.15, -0.1) is 0 Å². The van der Waals surface area contributed by atoms with Crippen molar-refractivity contribution in [1.29, 1.82) is 5.26 Å². The molecule has 0 aliphatic carbocycles. The first kappa shape index (κ1) is 11.7. The van der Waals surface area contributed by atoms with E-state index in [1.54, 1.807) is 0 Å². The summed E-state index contributed by atoms with van der Waals surface area (Å²) in [5, 5.41) is 10.8. The zero-order chi connectivity index (χ0) is 12.6. The number of hydrogen-bond donors (Lipinski definition) is 0. The summed E-state index contributed by atoms with van der Waals surface area (Å²) in [6.07, 6.45) is 0. The quantitative estimate of drug-likeness (QED) is 0.775. The zero-order valence-corrected chi connectivity index (χ0v) is 10.7. The average molecular weight is 246 g/mol. The molecule has 0 aliphatic heterocycles. The van der Waals surface area contributed by atoms with Crippen LogP contribution in [0.15, 0.2) is 18.2 Å². The zero-order valence-electron chi connectivity index (χ0n) is 9.95. The molecular formula is C13H12ClN3. The SMILES string of the molecule is Cc1nc2cc(Cl)ccc2c(N(C)C)c1C#N. The summed E-state index contributed by atoms with van der Waals surface area (Å²) in [5.41, 5.74) is 3.06. The average Bonchev–Trinajstić information content (AvgIpc) is 2.26. The van der Waals surface area contributed by atoms with Gasteiger partial charge in [-0.25, -0.2) is 0 Å². The Labute approximate surface area is 105 Å². The molecule has 17 heavy (non-hydrogen) atoms. The molecule has 0 amide bonds. The number of rotatable bonds is 1. The largest absolute Gasteiger partial charge is 0.376 e. The Balaban J connectivity index is 2.94. The molecule has 1 aromatic heterocycles. The summed E-state index contributed by atoms with van der Waals surface area (Å²) in [6.45, 7) is 1.84. The fourth-order valence-corrected chi connectivity index (χ4v) is 2.10. The Morgan fingerprint density at radius 1 is 1.35 bits per heavy atom. The number of halogens is 1. The number of aromatic nitrogens is 1. The minimum absolute atomic E-state index is 0.616. The van der Waals surface area contributed by atoms with Gasteiger partial charge >= 0.3 is 0 Å². The number of hydrogen-bond acceptors (Lipinski definition) is 3. The monoisotopic (exact) mass is 245 g/mol. The van der Waals surface area contributed by atoms with Crippen molar-refractivity contribution < 1.29 is 0 Å². The third-order valence-electron chi connectivity index (χ3n) is 2.66. The second kappa shape index (κ2) is 4.23. The molecule has 1 aromatic carbocycles. The molecule has 0 saturated heterocycles. The van der Waals surface area contributed by atoms with E-state index in [9.17, 15) is 5.26 Å². The van der Waals surface area contributed by atoms with E-state index in [1.807, 2.05) is 44.1 Å². The van der Waals surface area contributed by atoms with Crippen LogP contribution in [0.5, 0.6) is 0 Å². The molecule has 0 bridgehead atoms. The summed E-state index contributed by atoms with van der Waals surface area (Å²) >= 11 is 5.96. The number of aryl methyl sites for hydroxylation is 1. The predicted molar refractivity (Wildman–Crippen MR) is 70.5 cm³/mol. The first-order valence-corrected chi connectivity index (χ1v) is 5.59. The van der Waals surface area contributed by atoms with Crippen LogP contribution in [0.2, 0.25) is 5.02 Å². The highest BCUT2D eigenvalue weighted by Crippen LogP contribution is 2.31. The number of nitrogens with zero attached hydrogens (tertiary/aromatic N) is 3. The van der Waals surface area contributed by atoms with E-state index < -0.39 is 0 Å². The third kappa shape index (κ3) is 1.92. The summed E-state index contributed by atoms with van der Waals surface area (Å²) in [7, 11) is 3.84. The van der Waals surface area contributed by atoms with Crippen LogP contribution >= 0.6 is 11.6 Å². The fourth-order valence-electron chi connectivity index (χ4n) is 1.94. The Morgan fingerprint density at radius 2 is 2.06 bits per heavy atom. The van der Waals surface area contributed by atoms with Crippen LogP contribution in [-0.2, 0) is 0 Å². The lowest BCUT2D eigenvalue weighted by molar-refractivity contribution is 1.11. The maximum Gasteiger partial charge on any atom is 0.103 e. The van der Waals surface area contributed by atoms with Gasteiger partial charge in [0, 0.05) is 24.5 Å². The lowest BCUT2D eigenvalue weighted by atomic mass is 10.1. The van der Waals surface area contributed by atoms with Gasteiger partial charge in [-0.3, -0.25) is 4.98 Å². The molecule has 2 aromatic rings. The van der Waals surface area contributed by atoms with Crippen LogP contribution < -0.4 is 4.90 Å². The molecule has 0 N–H and O–H groups in total. The number of anilines is 1. The predicted octanol–water partition coefficient (Wildman–Crippen LogP) is 3.13. The first-order chi connectivity index (χ1) is 8.04. The molecular weight excluding hydrogens is 234 g/mol. The second-order valence-electron chi connectivity index (χ2n) is 4.09. The minimum Gasteiger partial charge on any atom is -0.376 e. The molecule has 0 spiro atoms. The van der Waals surface area contributed by atoms with Gasteiger partial charge in [0.05, 0.1) is 22.5 Å². The third-order valence-corrected chi connectivity index (χ3v) is 2.90. The van der Waals surface area contributed by atoms with Crippen LogP contribution in [0.25, 0.3) is 10.9 Å². The standard InChI is InChI=1S/C13H12ClN3/c1-8-11(7-15)13(17(2)3)10-5-4-9(14)6-12(10)16-8/h4-6H,1-3H3. The smallest absolute Gasteiger partial charge is 0.103 e. The summed E-state index contributed by atoms with van der Waals surface area (Å²) in [4.78, 5) is 6.35. The Bertz CT molecular complexity index is 627. The van der Waals surface area contributed by atoms with Crippen molar-refractivity contribution in [3.05, 3.63) is 34.5 Å². The van der Waals surface area contributed by atoms with E-state index in [2.05, 4.69) is 11.1 Å².